The number of nitrogens with zero attached hydrogens (tertiary/aromatic N) is 1. The quantitative estimate of drug-likeness (QED) is 0.581. The third-order valence-corrected chi connectivity index (χ3v) is 2.61. The molecule has 0 saturated heterocycles. The molecule has 17 heavy (non-hydrogen) atoms. The third-order valence-electron chi connectivity index (χ3n) is 2.61. The first-order chi connectivity index (χ1) is 7.99. The summed E-state index contributed by atoms with van der Waals surface area (Å²) in [6.45, 7) is 0. The highest BCUT2D eigenvalue weighted by Crippen LogP contribution is 2.25. The maximum absolute atomic E-state index is 10.7. The average Bonchev–Trinajstić information content (AvgIpc) is 2.55. The monoisotopic (exact) mass is 236 g/mol. The fraction of sp³-hybridized carbons (Fsp3) is 0.182. The van der Waals surface area contributed by atoms with E-state index in [0.717, 1.165) is 4.73 Å². The molecule has 6 heteroatoms. The Kier molecular flexibility index (Phi) is 2.64. The zero-order chi connectivity index (χ0) is 12.6. The summed E-state index contributed by atoms with van der Waals surface area (Å²) in [6, 6.07) is 3.41. The van der Waals surface area contributed by atoms with Gasteiger partial charge >= 0.3 is 5.97 Å². The van der Waals surface area contributed by atoms with Crippen molar-refractivity contribution >= 4 is 16.9 Å². The molecule has 6 nitrogen and oxygen atoms in total. The molecular formula is C11H12N2O4. The minimum absolute atomic E-state index is 0.0499. The predicted molar refractivity (Wildman–Crippen MR) is 60.1 cm³/mol. The first-order valence-corrected chi connectivity index (χ1v) is 4.99. The van der Waals surface area contributed by atoms with Crippen LogP contribution in [0, 0.1) is 0 Å². The molecule has 0 saturated carbocycles. The summed E-state index contributed by atoms with van der Waals surface area (Å²) < 4.78 is 0.888. The Hall–Kier alpha value is -2.21. The van der Waals surface area contributed by atoms with Crippen molar-refractivity contribution in [3.63, 3.8) is 0 Å². The highest BCUT2D eigenvalue weighted by molar-refractivity contribution is 5.86. The number of aromatic nitrogens is 1. The summed E-state index contributed by atoms with van der Waals surface area (Å²) in [5.41, 5.74) is 6.51. The van der Waals surface area contributed by atoms with Crippen LogP contribution in [0.25, 0.3) is 10.9 Å². The second-order valence-electron chi connectivity index (χ2n) is 3.85. The lowest BCUT2D eigenvalue weighted by atomic mass is 10.1. The van der Waals surface area contributed by atoms with Crippen LogP contribution in [0.5, 0.6) is 5.75 Å². The number of rotatable bonds is 3. The molecule has 0 aliphatic rings. The smallest absolute Gasteiger partial charge is 0.320 e. The molecule has 0 aliphatic carbocycles. The second-order valence-corrected chi connectivity index (χ2v) is 3.85. The SMILES string of the molecule is NC(Cc1cn(O)c2ccc(O)cc12)C(=O)O. The van der Waals surface area contributed by atoms with Crippen molar-refractivity contribution in [2.24, 2.45) is 5.73 Å². The van der Waals surface area contributed by atoms with Crippen LogP contribution in [-0.2, 0) is 11.2 Å². The molecule has 0 amide bonds. The Balaban J connectivity index is 2.47. The Morgan fingerprint density at radius 3 is 2.82 bits per heavy atom. The lowest BCUT2D eigenvalue weighted by Gasteiger charge is -2.04. The summed E-state index contributed by atoms with van der Waals surface area (Å²) in [5, 5.41) is 28.3. The first-order valence-electron chi connectivity index (χ1n) is 4.99. The number of aliphatic carboxylic acids is 1. The van der Waals surface area contributed by atoms with Gasteiger partial charge in [-0.3, -0.25) is 4.79 Å². The van der Waals surface area contributed by atoms with Crippen LogP contribution >= 0.6 is 0 Å². The minimum Gasteiger partial charge on any atom is -0.508 e. The Bertz CT molecular complexity index is 576. The van der Waals surface area contributed by atoms with Gasteiger partial charge in [-0.25, -0.2) is 0 Å². The fourth-order valence-electron chi connectivity index (χ4n) is 1.75. The van der Waals surface area contributed by atoms with E-state index in [1.807, 2.05) is 0 Å². The molecule has 0 bridgehead atoms. The number of carbonyl (C=O) groups is 1. The Labute approximate surface area is 96.5 Å². The summed E-state index contributed by atoms with van der Waals surface area (Å²) in [7, 11) is 0. The summed E-state index contributed by atoms with van der Waals surface area (Å²) in [6.07, 6.45) is 1.48. The zero-order valence-corrected chi connectivity index (χ0v) is 8.87. The highest BCUT2D eigenvalue weighted by Gasteiger charge is 2.16. The third kappa shape index (κ3) is 2.02. The van der Waals surface area contributed by atoms with Gasteiger partial charge in [0, 0.05) is 18.0 Å². The topological polar surface area (TPSA) is 109 Å². The number of carboxylic acids is 1. The zero-order valence-electron chi connectivity index (χ0n) is 8.87. The largest absolute Gasteiger partial charge is 0.508 e. The van der Waals surface area contributed by atoms with E-state index in [1.54, 1.807) is 6.07 Å². The van der Waals surface area contributed by atoms with Crippen molar-refractivity contribution in [1.82, 2.24) is 4.73 Å². The molecule has 1 aromatic heterocycles. The van der Waals surface area contributed by atoms with Crippen molar-refractivity contribution < 1.29 is 20.2 Å². The number of benzene rings is 1. The van der Waals surface area contributed by atoms with E-state index >= 15 is 0 Å². The Morgan fingerprint density at radius 2 is 2.18 bits per heavy atom. The van der Waals surface area contributed by atoms with Crippen LogP contribution in [0.2, 0.25) is 0 Å². The van der Waals surface area contributed by atoms with Gasteiger partial charge in [-0.2, -0.15) is 4.73 Å². The van der Waals surface area contributed by atoms with Crippen LogP contribution in [0.15, 0.2) is 24.4 Å². The number of hydrogen-bond donors (Lipinski definition) is 4. The molecule has 0 fully saturated rings. The molecule has 2 aromatic rings. The van der Waals surface area contributed by atoms with Gasteiger partial charge in [-0.15, -0.1) is 0 Å². The van der Waals surface area contributed by atoms with Crippen LogP contribution in [0.4, 0.5) is 0 Å². The number of phenols is 1. The molecular weight excluding hydrogens is 224 g/mol. The molecule has 0 aliphatic heterocycles. The van der Waals surface area contributed by atoms with E-state index in [4.69, 9.17) is 10.8 Å². The summed E-state index contributed by atoms with van der Waals surface area (Å²) in [4.78, 5) is 10.7. The van der Waals surface area contributed by atoms with Crippen LogP contribution in [-0.4, -0.2) is 32.2 Å². The highest BCUT2D eigenvalue weighted by atomic mass is 16.5. The molecule has 1 heterocycles. The Morgan fingerprint density at radius 1 is 1.47 bits per heavy atom. The van der Waals surface area contributed by atoms with E-state index in [9.17, 15) is 15.1 Å². The van der Waals surface area contributed by atoms with Gasteiger partial charge < -0.3 is 21.2 Å². The van der Waals surface area contributed by atoms with Gasteiger partial charge in [0.15, 0.2) is 0 Å². The molecule has 1 atom stereocenters. The van der Waals surface area contributed by atoms with E-state index in [-0.39, 0.29) is 12.2 Å². The molecule has 1 unspecified atom stereocenters. The van der Waals surface area contributed by atoms with Crippen LogP contribution in [0.3, 0.4) is 0 Å². The van der Waals surface area contributed by atoms with Crippen LogP contribution < -0.4 is 5.73 Å². The van der Waals surface area contributed by atoms with E-state index in [1.165, 1.54) is 18.3 Å². The van der Waals surface area contributed by atoms with Crippen molar-refractivity contribution in [2.75, 3.05) is 0 Å². The van der Waals surface area contributed by atoms with Crippen molar-refractivity contribution in [1.29, 1.82) is 0 Å². The van der Waals surface area contributed by atoms with Crippen molar-refractivity contribution in [3.8, 4) is 5.75 Å². The first kappa shape index (κ1) is 11.3. The number of fused-ring (bicyclic) bond motifs is 1. The number of nitrogens with two attached hydrogens (primary N) is 1. The summed E-state index contributed by atoms with van der Waals surface area (Å²) >= 11 is 0. The van der Waals surface area contributed by atoms with E-state index < -0.39 is 12.0 Å². The average molecular weight is 236 g/mol. The van der Waals surface area contributed by atoms with Gasteiger partial charge in [-0.1, -0.05) is 0 Å². The minimum atomic E-state index is -1.11. The molecule has 1 aromatic carbocycles. The molecule has 0 radical (unpaired) electrons. The number of aromatic hydroxyl groups is 1. The van der Waals surface area contributed by atoms with Gasteiger partial charge in [0.25, 0.3) is 0 Å². The second kappa shape index (κ2) is 3.99. The van der Waals surface area contributed by atoms with Gasteiger partial charge in [-0.05, 0) is 23.8 Å². The fourth-order valence-corrected chi connectivity index (χ4v) is 1.75. The van der Waals surface area contributed by atoms with Gasteiger partial charge in [0.1, 0.15) is 11.8 Å². The van der Waals surface area contributed by atoms with Crippen molar-refractivity contribution in [2.45, 2.75) is 12.5 Å². The molecule has 5 N–H and O–H groups in total. The number of phenolic OH excluding ortho intramolecular Hbond substituents is 1. The van der Waals surface area contributed by atoms with Gasteiger partial charge in [0.05, 0.1) is 5.52 Å². The standard InChI is InChI=1S/C11H12N2O4/c12-9(11(15)16)3-6-5-13(17)10-2-1-7(14)4-8(6)10/h1-2,4-5,9,14,17H,3,12H2,(H,15,16). The van der Waals surface area contributed by atoms with Gasteiger partial charge in [0.2, 0.25) is 0 Å². The molecule has 90 valence electrons. The normalized spacial score (nSPS) is 12.8. The lowest BCUT2D eigenvalue weighted by Crippen LogP contribution is -2.32. The molecule has 0 spiro atoms. The maximum Gasteiger partial charge on any atom is 0.320 e. The van der Waals surface area contributed by atoms with Crippen LogP contribution in [0.1, 0.15) is 5.56 Å². The molecule has 2 rings (SSSR count). The number of carboxylic acid groups (broad SMARTS) is 1. The van der Waals surface area contributed by atoms with Crippen molar-refractivity contribution in [3.05, 3.63) is 30.0 Å². The van der Waals surface area contributed by atoms with E-state index in [0.29, 0.717) is 16.5 Å². The van der Waals surface area contributed by atoms with E-state index in [2.05, 4.69) is 0 Å². The summed E-state index contributed by atoms with van der Waals surface area (Å²) in [5.74, 6) is -1.06. The number of hydrogen-bond acceptors (Lipinski definition) is 4. The lowest BCUT2D eigenvalue weighted by molar-refractivity contribution is -0.138. The maximum atomic E-state index is 10.7. The predicted octanol–water partition coefficient (Wildman–Crippen LogP) is 0.539.